The summed E-state index contributed by atoms with van der Waals surface area (Å²) >= 11 is 1.36. The number of alkyl halides is 3. The Morgan fingerprint density at radius 3 is 1.98 bits per heavy atom. The summed E-state index contributed by atoms with van der Waals surface area (Å²) in [7, 11) is 0. The van der Waals surface area contributed by atoms with Crippen LogP contribution in [0.5, 0.6) is 5.75 Å². The number of pyridine rings is 1. The molecule has 2 aromatic heterocycles. The predicted octanol–water partition coefficient (Wildman–Crippen LogP) is 5.83. The first-order chi connectivity index (χ1) is 17.8. The summed E-state index contributed by atoms with van der Waals surface area (Å²) in [4.78, 5) is 25.9. The van der Waals surface area contributed by atoms with Gasteiger partial charge in [-0.1, -0.05) is 66.7 Å². The Bertz CT molecular complexity index is 1920. The van der Waals surface area contributed by atoms with Gasteiger partial charge in [0.05, 0.1) is 10.2 Å². The molecule has 0 saturated carbocycles. The van der Waals surface area contributed by atoms with Crippen LogP contribution in [0.25, 0.3) is 47.9 Å². The number of Topliss-reactive ketones (excluding diaryl/α,β-unsaturated/α-hetero) is 1. The van der Waals surface area contributed by atoms with Crippen molar-refractivity contribution in [2.75, 3.05) is 0 Å². The van der Waals surface area contributed by atoms with Crippen molar-refractivity contribution in [1.29, 1.82) is 0 Å². The number of ketones is 1. The number of hydrogen-bond donors (Lipinski definition) is 1. The number of nitrogens with zero attached hydrogens (tertiary/aromatic N) is 1. The van der Waals surface area contributed by atoms with Gasteiger partial charge >= 0.3 is 6.18 Å². The molecule has 40 heavy (non-hydrogen) atoms. The minimum absolute atomic E-state index is 0. The molecule has 205 valence electrons. The number of carbonyl (C=O) groups excluding carboxylic acids is 1. The summed E-state index contributed by atoms with van der Waals surface area (Å²) in [5, 5.41) is 12.5. The molecule has 0 aliphatic heterocycles. The number of hydrogen-bond acceptors (Lipinski definition) is 4. The molecule has 6 nitrogen and oxygen atoms in total. The minimum Gasteiger partial charge on any atom is -0.506 e. The molecular weight excluding hydrogens is 683 g/mol. The third kappa shape index (κ3) is 5.13. The van der Waals surface area contributed by atoms with E-state index in [0.717, 1.165) is 31.2 Å². The number of aromatic hydroxyl groups is 1. The molecule has 0 fully saturated rings. The molecule has 6 rings (SSSR count). The molecule has 0 aliphatic rings. The predicted molar refractivity (Wildman–Crippen MR) is 147 cm³/mol. The van der Waals surface area contributed by atoms with Crippen LogP contribution in [0.4, 0.5) is 13.2 Å². The van der Waals surface area contributed by atoms with Crippen LogP contribution < -0.4 is 5.56 Å². The second-order valence-corrected chi connectivity index (χ2v) is 9.59. The van der Waals surface area contributed by atoms with Crippen molar-refractivity contribution in [3.8, 4) is 22.6 Å². The van der Waals surface area contributed by atoms with Crippen molar-refractivity contribution in [1.82, 2.24) is 4.57 Å². The van der Waals surface area contributed by atoms with E-state index in [1.54, 1.807) is 30.3 Å². The monoisotopic (exact) mass is 704 g/mol. The molecule has 6 aromatic rings. The quantitative estimate of drug-likeness (QED) is 0.234. The Kier molecular flexibility index (Phi) is 9.40. The van der Waals surface area contributed by atoms with Gasteiger partial charge in [0.2, 0.25) is 0 Å². The summed E-state index contributed by atoms with van der Waals surface area (Å²) in [6.45, 7) is 0. The summed E-state index contributed by atoms with van der Waals surface area (Å²) in [6.07, 6.45) is -5.33. The summed E-state index contributed by atoms with van der Waals surface area (Å²) < 4.78 is 43.0. The normalized spacial score (nSPS) is 11.1. The van der Waals surface area contributed by atoms with Gasteiger partial charge in [-0.05, 0) is 35.4 Å². The largest absolute Gasteiger partial charge is 0.506 e. The molecule has 5 N–H and O–H groups in total. The molecular formula is C29H20EuF3NO5S. The van der Waals surface area contributed by atoms with Crippen molar-refractivity contribution < 1.29 is 83.4 Å². The van der Waals surface area contributed by atoms with Crippen LogP contribution >= 0.6 is 11.3 Å². The van der Waals surface area contributed by atoms with Gasteiger partial charge < -0.3 is 16.1 Å². The fraction of sp³-hybridized carbons (Fsp3) is 0.0345. The Hall–Kier alpha value is -2.93. The zero-order chi connectivity index (χ0) is 25.9. The molecule has 4 aromatic carbocycles. The fourth-order valence-corrected chi connectivity index (χ4v) is 5.90. The Labute approximate surface area is 269 Å². The van der Waals surface area contributed by atoms with Crippen LogP contribution in [0.3, 0.4) is 0 Å². The number of halogens is 3. The number of aromatic nitrogens is 1. The summed E-state index contributed by atoms with van der Waals surface area (Å²) in [6, 6.07) is 26.9. The van der Waals surface area contributed by atoms with E-state index in [0.29, 0.717) is 4.70 Å². The molecule has 0 spiro atoms. The molecule has 0 amide bonds. The van der Waals surface area contributed by atoms with Gasteiger partial charge in [0, 0.05) is 75.9 Å². The first-order valence-corrected chi connectivity index (χ1v) is 12.1. The molecule has 0 saturated heterocycles. The van der Waals surface area contributed by atoms with E-state index >= 15 is 0 Å². The fourth-order valence-electron chi connectivity index (χ4n) is 4.66. The molecule has 0 aliphatic carbocycles. The number of rotatable bonds is 3. The van der Waals surface area contributed by atoms with Crippen molar-refractivity contribution in [2.24, 2.45) is 0 Å². The van der Waals surface area contributed by atoms with Gasteiger partial charge in [-0.15, -0.1) is 11.3 Å². The maximum atomic E-state index is 13.6. The maximum Gasteiger partial charge on any atom is 0.455 e. The van der Waals surface area contributed by atoms with E-state index in [1.807, 2.05) is 54.6 Å². The molecule has 0 unspecified atom stereocenters. The van der Waals surface area contributed by atoms with Crippen molar-refractivity contribution in [3.05, 3.63) is 107 Å². The van der Waals surface area contributed by atoms with Gasteiger partial charge in [-0.3, -0.25) is 14.2 Å². The second-order valence-electron chi connectivity index (χ2n) is 8.54. The van der Waals surface area contributed by atoms with E-state index < -0.39 is 28.8 Å². The number of fused-ring (bicyclic) bond motifs is 5. The number of carbonyl (C=O) groups is 1. The first-order valence-electron chi connectivity index (χ1n) is 11.2. The molecule has 1 radical (unpaired) electrons. The van der Waals surface area contributed by atoms with Gasteiger partial charge in [-0.2, -0.15) is 13.2 Å². The van der Waals surface area contributed by atoms with Crippen molar-refractivity contribution in [2.45, 2.75) is 6.18 Å². The summed E-state index contributed by atoms with van der Waals surface area (Å²) in [5.41, 5.74) is -0.239. The van der Waals surface area contributed by atoms with Crippen LogP contribution in [-0.4, -0.2) is 32.6 Å². The third-order valence-corrected chi connectivity index (χ3v) is 7.56. The Morgan fingerprint density at radius 1 is 0.750 bits per heavy atom. The van der Waals surface area contributed by atoms with Crippen molar-refractivity contribution in [3.63, 3.8) is 0 Å². The van der Waals surface area contributed by atoms with E-state index in [1.165, 1.54) is 17.4 Å². The number of benzene rings is 4. The molecule has 11 heteroatoms. The van der Waals surface area contributed by atoms with Crippen LogP contribution in [0.15, 0.2) is 95.8 Å². The second kappa shape index (κ2) is 11.9. The van der Waals surface area contributed by atoms with E-state index in [2.05, 4.69) is 0 Å². The average Bonchev–Trinajstić information content (AvgIpc) is 3.28. The van der Waals surface area contributed by atoms with Crippen LogP contribution in [0, 0.1) is 49.4 Å². The molecule has 0 atom stereocenters. The third-order valence-electron chi connectivity index (χ3n) is 6.37. The van der Waals surface area contributed by atoms with Gasteiger partial charge in [-0.25, -0.2) is 0 Å². The van der Waals surface area contributed by atoms with Gasteiger partial charge in [0.25, 0.3) is 11.3 Å². The average molecular weight is 704 g/mol. The van der Waals surface area contributed by atoms with Gasteiger partial charge in [0.1, 0.15) is 11.3 Å². The SMILES string of the molecule is O.O.O=C(c1c(O)c2ccc3c4ccccc4sc3c2n(-c2ccc(-c3ccccc3)cc2)c1=O)C(F)(F)F.[Eu]. The Morgan fingerprint density at radius 2 is 1.32 bits per heavy atom. The van der Waals surface area contributed by atoms with Crippen LogP contribution in [0.2, 0.25) is 0 Å². The summed E-state index contributed by atoms with van der Waals surface area (Å²) in [5.74, 6) is -3.36. The Balaban J connectivity index is 0.00000147. The minimum atomic E-state index is -5.33. The van der Waals surface area contributed by atoms with Crippen LogP contribution in [-0.2, 0) is 0 Å². The van der Waals surface area contributed by atoms with E-state index in [9.17, 15) is 27.9 Å². The smallest absolute Gasteiger partial charge is 0.455 e. The zero-order valence-electron chi connectivity index (χ0n) is 20.3. The van der Waals surface area contributed by atoms with E-state index in [4.69, 9.17) is 0 Å². The van der Waals surface area contributed by atoms with E-state index in [-0.39, 0.29) is 76.9 Å². The van der Waals surface area contributed by atoms with Crippen molar-refractivity contribution >= 4 is 48.2 Å². The topological polar surface area (TPSA) is 122 Å². The first kappa shape index (κ1) is 31.6. The molecule has 2 heterocycles. The standard InChI is InChI=1S/C29H16F3NO3S.Eu.2H2O/c30-29(31,32)27(35)23-25(34)21-15-14-20-19-8-4-5-9-22(19)37-26(20)24(21)33(28(23)36)18-12-10-17(11-13-18)16-6-2-1-3-7-16;;;/h1-15,34H;;2*1H2. The maximum absolute atomic E-state index is 13.6. The molecule has 0 bridgehead atoms. The zero-order valence-corrected chi connectivity index (χ0v) is 23.5. The van der Waals surface area contributed by atoms with Crippen LogP contribution in [0.1, 0.15) is 10.4 Å². The van der Waals surface area contributed by atoms with Gasteiger partial charge in [0.15, 0.2) is 0 Å². The number of thiophene rings is 1.